The molecular weight excluding hydrogens is 351 g/mol. The van der Waals surface area contributed by atoms with Gasteiger partial charge in [-0.1, -0.05) is 59.6 Å². The molecule has 0 bridgehead atoms. The smallest absolute Gasteiger partial charge is 0.260 e. The summed E-state index contributed by atoms with van der Waals surface area (Å²) in [6.07, 6.45) is 0. The zero-order chi connectivity index (χ0) is 16.6. The van der Waals surface area contributed by atoms with Crippen LogP contribution in [0.2, 0.25) is 10.0 Å². The highest BCUT2D eigenvalue weighted by Gasteiger charge is 2.44. The number of likely N-dealkylation sites (N-methyl/N-ethyl adjacent to an activating group) is 1. The molecule has 1 saturated heterocycles. The van der Waals surface area contributed by atoms with Crippen molar-refractivity contribution >= 4 is 52.1 Å². The topological polar surface area (TPSA) is 23.6 Å². The van der Waals surface area contributed by atoms with Gasteiger partial charge < -0.3 is 4.90 Å². The maximum absolute atomic E-state index is 13.1. The molecule has 1 atom stereocenters. The van der Waals surface area contributed by atoms with E-state index in [0.717, 1.165) is 5.56 Å². The fourth-order valence-electron chi connectivity index (χ4n) is 2.77. The first-order valence-corrected chi connectivity index (χ1v) is 8.36. The van der Waals surface area contributed by atoms with Crippen molar-refractivity contribution in [3.8, 4) is 0 Å². The van der Waals surface area contributed by atoms with Crippen LogP contribution >= 0.6 is 35.4 Å². The maximum atomic E-state index is 13.1. The summed E-state index contributed by atoms with van der Waals surface area (Å²) in [7, 11) is 0. The van der Waals surface area contributed by atoms with Crippen molar-refractivity contribution in [1.82, 2.24) is 4.90 Å². The van der Waals surface area contributed by atoms with Crippen LogP contribution in [0.3, 0.4) is 0 Å². The summed E-state index contributed by atoms with van der Waals surface area (Å²) >= 11 is 18.1. The quantitative estimate of drug-likeness (QED) is 0.738. The SMILES string of the molecule is CCN1C(=S)N(c2c(Cl)cccc2Cl)C(=O)C1c1ccccc1. The van der Waals surface area contributed by atoms with Gasteiger partial charge in [-0.2, -0.15) is 0 Å². The molecule has 0 aliphatic carbocycles. The van der Waals surface area contributed by atoms with Gasteiger partial charge in [0, 0.05) is 6.54 Å². The summed E-state index contributed by atoms with van der Waals surface area (Å²) in [4.78, 5) is 16.4. The molecule has 1 fully saturated rings. The minimum absolute atomic E-state index is 0.141. The van der Waals surface area contributed by atoms with Crippen molar-refractivity contribution in [3.63, 3.8) is 0 Å². The second kappa shape index (κ2) is 6.48. The highest BCUT2D eigenvalue weighted by atomic mass is 35.5. The zero-order valence-electron chi connectivity index (χ0n) is 12.4. The number of amides is 1. The lowest BCUT2D eigenvalue weighted by molar-refractivity contribution is -0.119. The van der Waals surface area contributed by atoms with E-state index in [4.69, 9.17) is 35.4 Å². The first kappa shape index (κ1) is 16.2. The third kappa shape index (κ3) is 2.71. The van der Waals surface area contributed by atoms with Gasteiger partial charge in [-0.15, -0.1) is 0 Å². The Morgan fingerprint density at radius 3 is 2.22 bits per heavy atom. The van der Waals surface area contributed by atoms with Crippen molar-refractivity contribution in [2.24, 2.45) is 0 Å². The Morgan fingerprint density at radius 2 is 1.65 bits per heavy atom. The summed E-state index contributed by atoms with van der Waals surface area (Å²) in [5.41, 5.74) is 1.34. The van der Waals surface area contributed by atoms with Crippen LogP contribution in [0.1, 0.15) is 18.5 Å². The van der Waals surface area contributed by atoms with Gasteiger partial charge >= 0.3 is 0 Å². The van der Waals surface area contributed by atoms with E-state index in [1.165, 1.54) is 4.90 Å². The predicted octanol–water partition coefficient (Wildman–Crippen LogP) is 4.69. The zero-order valence-corrected chi connectivity index (χ0v) is 14.7. The van der Waals surface area contributed by atoms with E-state index in [1.54, 1.807) is 18.2 Å². The lowest BCUT2D eigenvalue weighted by Crippen LogP contribution is -2.33. The largest absolute Gasteiger partial charge is 0.333 e. The first-order valence-electron chi connectivity index (χ1n) is 7.19. The van der Waals surface area contributed by atoms with Gasteiger partial charge in [0.1, 0.15) is 6.04 Å². The van der Waals surface area contributed by atoms with Gasteiger partial charge in [0.2, 0.25) is 0 Å². The minimum Gasteiger partial charge on any atom is -0.333 e. The van der Waals surface area contributed by atoms with Gasteiger partial charge in [-0.05, 0) is 36.8 Å². The molecule has 118 valence electrons. The molecule has 1 aliphatic rings. The molecule has 2 aromatic carbocycles. The molecule has 1 heterocycles. The summed E-state index contributed by atoms with van der Waals surface area (Å²) in [5.74, 6) is -0.141. The summed E-state index contributed by atoms with van der Waals surface area (Å²) in [6, 6.07) is 14.3. The molecule has 0 radical (unpaired) electrons. The first-order chi connectivity index (χ1) is 11.1. The van der Waals surface area contributed by atoms with Crippen LogP contribution in [0.25, 0.3) is 0 Å². The van der Waals surface area contributed by atoms with Crippen molar-refractivity contribution in [2.45, 2.75) is 13.0 Å². The Kier molecular flexibility index (Phi) is 4.57. The monoisotopic (exact) mass is 364 g/mol. The van der Waals surface area contributed by atoms with Gasteiger partial charge in [-0.3, -0.25) is 9.69 Å². The van der Waals surface area contributed by atoms with E-state index >= 15 is 0 Å². The normalized spacial score (nSPS) is 18.0. The predicted molar refractivity (Wildman–Crippen MR) is 98.1 cm³/mol. The highest BCUT2D eigenvalue weighted by Crippen LogP contribution is 2.40. The maximum Gasteiger partial charge on any atom is 0.260 e. The highest BCUT2D eigenvalue weighted by molar-refractivity contribution is 7.80. The standard InChI is InChI=1S/C17H14Cl2N2OS/c1-2-20-14(11-7-4-3-5-8-11)16(22)21(17(20)23)15-12(18)9-6-10-13(15)19/h3-10,14H,2H2,1H3. The van der Waals surface area contributed by atoms with E-state index in [-0.39, 0.29) is 5.91 Å². The Hall–Kier alpha value is -1.62. The van der Waals surface area contributed by atoms with Gasteiger partial charge in [0.25, 0.3) is 5.91 Å². The van der Waals surface area contributed by atoms with Crippen LogP contribution in [0.5, 0.6) is 0 Å². The molecule has 23 heavy (non-hydrogen) atoms. The van der Waals surface area contributed by atoms with Crippen molar-refractivity contribution in [1.29, 1.82) is 0 Å². The molecule has 6 heteroatoms. The molecule has 3 nitrogen and oxygen atoms in total. The van der Waals surface area contributed by atoms with Crippen molar-refractivity contribution in [2.75, 3.05) is 11.4 Å². The fourth-order valence-corrected chi connectivity index (χ4v) is 3.76. The molecule has 0 N–H and O–H groups in total. The molecule has 1 amide bonds. The number of benzene rings is 2. The second-order valence-corrected chi connectivity index (χ2v) is 6.31. The second-order valence-electron chi connectivity index (χ2n) is 5.13. The summed E-state index contributed by atoms with van der Waals surface area (Å²) in [5, 5.41) is 1.22. The number of hydrogen-bond donors (Lipinski definition) is 0. The van der Waals surface area contributed by atoms with Crippen LogP contribution in [0, 0.1) is 0 Å². The number of carbonyl (C=O) groups excluding carboxylic acids is 1. The molecule has 0 aromatic heterocycles. The third-order valence-electron chi connectivity index (χ3n) is 3.82. The fraction of sp³-hybridized carbons (Fsp3) is 0.176. The number of anilines is 1. The molecule has 0 spiro atoms. The van der Waals surface area contributed by atoms with Crippen LogP contribution in [-0.2, 0) is 4.79 Å². The van der Waals surface area contributed by atoms with Crippen LogP contribution in [0.15, 0.2) is 48.5 Å². The number of halogens is 2. The Labute approximate surface area is 150 Å². The van der Waals surface area contributed by atoms with E-state index in [9.17, 15) is 4.79 Å². The van der Waals surface area contributed by atoms with Gasteiger partial charge in [0.15, 0.2) is 5.11 Å². The van der Waals surface area contributed by atoms with Crippen molar-refractivity contribution < 1.29 is 4.79 Å². The Balaban J connectivity index is 2.11. The minimum atomic E-state index is -0.457. The molecule has 1 unspecified atom stereocenters. The molecular formula is C17H14Cl2N2OS. The molecule has 0 saturated carbocycles. The van der Waals surface area contributed by atoms with Crippen LogP contribution < -0.4 is 4.90 Å². The average molecular weight is 365 g/mol. The average Bonchev–Trinajstić information content (AvgIpc) is 2.79. The number of carbonyl (C=O) groups is 1. The number of hydrogen-bond acceptors (Lipinski definition) is 2. The van der Waals surface area contributed by atoms with E-state index in [0.29, 0.717) is 27.4 Å². The number of para-hydroxylation sites is 1. The van der Waals surface area contributed by atoms with Crippen LogP contribution in [-0.4, -0.2) is 22.5 Å². The summed E-state index contributed by atoms with van der Waals surface area (Å²) in [6.45, 7) is 2.58. The lowest BCUT2D eigenvalue weighted by Gasteiger charge is -2.22. The van der Waals surface area contributed by atoms with E-state index in [2.05, 4.69) is 0 Å². The van der Waals surface area contributed by atoms with E-state index < -0.39 is 6.04 Å². The lowest BCUT2D eigenvalue weighted by atomic mass is 10.1. The van der Waals surface area contributed by atoms with Gasteiger partial charge in [-0.25, -0.2) is 0 Å². The summed E-state index contributed by atoms with van der Waals surface area (Å²) < 4.78 is 0. The van der Waals surface area contributed by atoms with Crippen LogP contribution in [0.4, 0.5) is 5.69 Å². The molecule has 3 rings (SSSR count). The number of rotatable bonds is 3. The van der Waals surface area contributed by atoms with Gasteiger partial charge in [0.05, 0.1) is 15.7 Å². The number of thiocarbonyl (C=S) groups is 1. The Bertz CT molecular complexity index is 746. The number of nitrogens with zero attached hydrogens (tertiary/aromatic N) is 2. The Morgan fingerprint density at radius 1 is 1.04 bits per heavy atom. The van der Waals surface area contributed by atoms with E-state index in [1.807, 2.05) is 42.2 Å². The third-order valence-corrected chi connectivity index (χ3v) is 4.85. The molecule has 1 aliphatic heterocycles. The van der Waals surface area contributed by atoms with Crippen molar-refractivity contribution in [3.05, 3.63) is 64.1 Å². The molecule has 2 aromatic rings.